The van der Waals surface area contributed by atoms with Crippen LogP contribution < -0.4 is 15.0 Å². The van der Waals surface area contributed by atoms with Gasteiger partial charge < -0.3 is 19.7 Å². The monoisotopic (exact) mass is 382 g/mol. The van der Waals surface area contributed by atoms with Crippen LogP contribution in [0, 0.1) is 0 Å². The molecule has 1 saturated heterocycles. The summed E-state index contributed by atoms with van der Waals surface area (Å²) in [6.07, 6.45) is 3.37. The topological polar surface area (TPSA) is 50.8 Å². The summed E-state index contributed by atoms with van der Waals surface area (Å²) in [5, 5.41) is 2.95. The Morgan fingerprint density at radius 3 is 2.46 bits per heavy atom. The van der Waals surface area contributed by atoms with Gasteiger partial charge in [0.05, 0.1) is 19.8 Å². The van der Waals surface area contributed by atoms with E-state index in [4.69, 9.17) is 9.47 Å². The van der Waals surface area contributed by atoms with Crippen LogP contribution in [0.4, 0.5) is 11.4 Å². The van der Waals surface area contributed by atoms with E-state index in [1.54, 1.807) is 0 Å². The molecule has 5 heteroatoms. The Labute approximate surface area is 167 Å². The fourth-order valence-electron chi connectivity index (χ4n) is 3.26. The predicted octanol–water partition coefficient (Wildman–Crippen LogP) is 4.27. The first kappa shape index (κ1) is 20.2. The number of carbonyl (C=O) groups excluding carboxylic acids is 1. The molecule has 0 aliphatic carbocycles. The lowest BCUT2D eigenvalue weighted by Crippen LogP contribution is -2.36. The molecule has 1 aliphatic rings. The Kier molecular flexibility index (Phi) is 7.73. The minimum Gasteiger partial charge on any atom is -0.494 e. The molecule has 1 amide bonds. The van der Waals surface area contributed by atoms with Gasteiger partial charge in [0.2, 0.25) is 5.91 Å². The van der Waals surface area contributed by atoms with E-state index in [1.807, 2.05) is 36.4 Å². The molecule has 2 aromatic rings. The number of hydrogen-bond donors (Lipinski definition) is 1. The number of amides is 1. The van der Waals surface area contributed by atoms with Crippen molar-refractivity contribution in [3.63, 3.8) is 0 Å². The lowest BCUT2D eigenvalue weighted by Gasteiger charge is -2.28. The Balaban J connectivity index is 1.36. The fraction of sp³-hybridized carbons (Fsp3) is 0.435. The third-order valence-electron chi connectivity index (χ3n) is 4.81. The lowest BCUT2D eigenvalue weighted by atomic mass is 10.1. The zero-order chi connectivity index (χ0) is 19.6. The van der Waals surface area contributed by atoms with Crippen molar-refractivity contribution >= 4 is 17.3 Å². The fourth-order valence-corrected chi connectivity index (χ4v) is 3.26. The second kappa shape index (κ2) is 10.7. The van der Waals surface area contributed by atoms with Gasteiger partial charge in [-0.3, -0.25) is 4.79 Å². The van der Waals surface area contributed by atoms with E-state index in [0.717, 1.165) is 50.6 Å². The van der Waals surface area contributed by atoms with E-state index < -0.39 is 0 Å². The largest absolute Gasteiger partial charge is 0.494 e. The van der Waals surface area contributed by atoms with Gasteiger partial charge in [0, 0.05) is 30.9 Å². The van der Waals surface area contributed by atoms with Crippen LogP contribution in [0.25, 0.3) is 0 Å². The van der Waals surface area contributed by atoms with Gasteiger partial charge in [-0.25, -0.2) is 0 Å². The zero-order valence-electron chi connectivity index (χ0n) is 16.7. The normalized spacial score (nSPS) is 14.0. The molecule has 1 heterocycles. The van der Waals surface area contributed by atoms with Crippen molar-refractivity contribution in [2.45, 2.75) is 32.6 Å². The van der Waals surface area contributed by atoms with Gasteiger partial charge in [-0.2, -0.15) is 0 Å². The first-order valence-corrected chi connectivity index (χ1v) is 10.2. The Hall–Kier alpha value is -2.53. The zero-order valence-corrected chi connectivity index (χ0v) is 16.7. The Bertz CT molecular complexity index is 723. The van der Waals surface area contributed by atoms with Crippen LogP contribution in [-0.2, 0) is 16.0 Å². The molecular formula is C23H30N2O3. The van der Waals surface area contributed by atoms with E-state index in [9.17, 15) is 4.79 Å². The van der Waals surface area contributed by atoms with Crippen LogP contribution in [-0.4, -0.2) is 38.8 Å². The molecule has 5 nitrogen and oxygen atoms in total. The Morgan fingerprint density at radius 2 is 1.79 bits per heavy atom. The van der Waals surface area contributed by atoms with Crippen LogP contribution in [0.3, 0.4) is 0 Å². The molecule has 0 aromatic heterocycles. The summed E-state index contributed by atoms with van der Waals surface area (Å²) >= 11 is 0. The van der Waals surface area contributed by atoms with Crippen molar-refractivity contribution < 1.29 is 14.3 Å². The van der Waals surface area contributed by atoms with Gasteiger partial charge in [0.25, 0.3) is 0 Å². The minimum atomic E-state index is 0.0148. The number of aryl methyl sites for hydroxylation is 1. The van der Waals surface area contributed by atoms with Crippen LogP contribution in [0.1, 0.15) is 31.7 Å². The van der Waals surface area contributed by atoms with Gasteiger partial charge in [-0.05, 0) is 54.8 Å². The third-order valence-corrected chi connectivity index (χ3v) is 4.81. The summed E-state index contributed by atoms with van der Waals surface area (Å²) < 4.78 is 11.1. The number of rotatable bonds is 9. The van der Waals surface area contributed by atoms with Gasteiger partial charge in [0.1, 0.15) is 5.75 Å². The van der Waals surface area contributed by atoms with E-state index in [-0.39, 0.29) is 5.91 Å². The van der Waals surface area contributed by atoms with E-state index >= 15 is 0 Å². The van der Waals surface area contributed by atoms with Gasteiger partial charge in [-0.1, -0.05) is 25.5 Å². The number of morpholine rings is 1. The number of nitrogens with one attached hydrogen (secondary N) is 1. The number of ether oxygens (including phenoxy) is 2. The number of benzene rings is 2. The summed E-state index contributed by atoms with van der Waals surface area (Å²) in [6.45, 7) is 6.07. The highest BCUT2D eigenvalue weighted by atomic mass is 16.5. The number of anilines is 2. The first-order chi connectivity index (χ1) is 13.7. The number of nitrogens with zero attached hydrogens (tertiary/aromatic N) is 1. The highest BCUT2D eigenvalue weighted by Crippen LogP contribution is 2.19. The molecule has 0 atom stereocenters. The van der Waals surface area contributed by atoms with Crippen LogP contribution in [0.15, 0.2) is 48.5 Å². The first-order valence-electron chi connectivity index (χ1n) is 10.2. The molecule has 0 spiro atoms. The predicted molar refractivity (Wildman–Crippen MR) is 113 cm³/mol. The van der Waals surface area contributed by atoms with Crippen molar-refractivity contribution in [1.29, 1.82) is 0 Å². The quantitative estimate of drug-likeness (QED) is 0.658. The molecule has 1 aliphatic heterocycles. The van der Waals surface area contributed by atoms with Gasteiger partial charge >= 0.3 is 0 Å². The highest BCUT2D eigenvalue weighted by Gasteiger charge is 2.11. The molecule has 28 heavy (non-hydrogen) atoms. The van der Waals surface area contributed by atoms with Crippen molar-refractivity contribution in [2.75, 3.05) is 43.1 Å². The number of carbonyl (C=O) groups is 1. The van der Waals surface area contributed by atoms with Crippen LogP contribution in [0.2, 0.25) is 0 Å². The molecule has 1 N–H and O–H groups in total. The molecule has 3 rings (SSSR count). The van der Waals surface area contributed by atoms with E-state index in [0.29, 0.717) is 19.4 Å². The summed E-state index contributed by atoms with van der Waals surface area (Å²) in [5.41, 5.74) is 3.32. The van der Waals surface area contributed by atoms with Gasteiger partial charge in [-0.15, -0.1) is 0 Å². The van der Waals surface area contributed by atoms with Crippen molar-refractivity contribution in [2.24, 2.45) is 0 Å². The van der Waals surface area contributed by atoms with Crippen molar-refractivity contribution in [3.8, 4) is 5.75 Å². The maximum absolute atomic E-state index is 12.1. The average molecular weight is 383 g/mol. The highest BCUT2D eigenvalue weighted by molar-refractivity contribution is 5.90. The van der Waals surface area contributed by atoms with Crippen LogP contribution >= 0.6 is 0 Å². The second-order valence-electron chi connectivity index (χ2n) is 7.04. The summed E-state index contributed by atoms with van der Waals surface area (Å²) in [6, 6.07) is 16.2. The molecule has 150 valence electrons. The molecule has 0 unspecified atom stereocenters. The Morgan fingerprint density at radius 1 is 1.07 bits per heavy atom. The summed E-state index contributed by atoms with van der Waals surface area (Å²) in [5.74, 6) is 0.875. The maximum atomic E-state index is 12.1. The molecule has 1 fully saturated rings. The lowest BCUT2D eigenvalue weighted by molar-refractivity contribution is -0.116. The smallest absolute Gasteiger partial charge is 0.224 e. The summed E-state index contributed by atoms with van der Waals surface area (Å²) in [4.78, 5) is 14.4. The third kappa shape index (κ3) is 6.27. The molecular weight excluding hydrogens is 352 g/mol. The standard InChI is InChI=1S/C23H30N2O3/c1-2-4-19-6-12-22(13-7-19)28-16-3-5-23(26)24-20-8-10-21(11-9-20)25-14-17-27-18-15-25/h6-13H,2-5,14-18H2,1H3,(H,24,26). The molecule has 0 radical (unpaired) electrons. The van der Waals surface area contributed by atoms with Crippen LogP contribution in [0.5, 0.6) is 5.75 Å². The van der Waals surface area contributed by atoms with E-state index in [2.05, 4.69) is 29.3 Å². The molecule has 2 aromatic carbocycles. The summed E-state index contributed by atoms with van der Waals surface area (Å²) in [7, 11) is 0. The minimum absolute atomic E-state index is 0.0148. The molecule has 0 bridgehead atoms. The second-order valence-corrected chi connectivity index (χ2v) is 7.04. The van der Waals surface area contributed by atoms with E-state index in [1.165, 1.54) is 11.3 Å². The van der Waals surface area contributed by atoms with Gasteiger partial charge in [0.15, 0.2) is 0 Å². The average Bonchev–Trinajstić information content (AvgIpc) is 2.74. The molecule has 0 saturated carbocycles. The SMILES string of the molecule is CCCc1ccc(OCCCC(=O)Nc2ccc(N3CCOCC3)cc2)cc1. The maximum Gasteiger partial charge on any atom is 0.224 e. The van der Waals surface area contributed by atoms with Crippen molar-refractivity contribution in [3.05, 3.63) is 54.1 Å². The number of hydrogen-bond acceptors (Lipinski definition) is 4. The van der Waals surface area contributed by atoms with Crippen molar-refractivity contribution in [1.82, 2.24) is 0 Å².